The zero-order chi connectivity index (χ0) is 15.1. The fourth-order valence-corrected chi connectivity index (χ4v) is 1.86. The molecule has 0 aliphatic rings. The number of halogens is 1. The summed E-state index contributed by atoms with van der Waals surface area (Å²) in [6.07, 6.45) is 0.0829. The van der Waals surface area contributed by atoms with E-state index in [9.17, 15) is 9.18 Å². The summed E-state index contributed by atoms with van der Waals surface area (Å²) in [6.45, 7) is -0.244. The smallest absolute Gasteiger partial charge is 0.228 e. The number of benzene rings is 2. The number of para-hydroxylation sites is 1. The first-order valence-electron chi connectivity index (χ1n) is 6.42. The van der Waals surface area contributed by atoms with Gasteiger partial charge in [-0.25, -0.2) is 4.39 Å². The van der Waals surface area contributed by atoms with Crippen molar-refractivity contribution < 1.29 is 14.3 Å². The summed E-state index contributed by atoms with van der Waals surface area (Å²) in [4.78, 5) is 12.0. The normalized spacial score (nSPS) is 9.62. The molecule has 0 fully saturated rings. The lowest BCUT2D eigenvalue weighted by Gasteiger charge is -2.07. The van der Waals surface area contributed by atoms with Crippen LogP contribution in [0.5, 0.6) is 0 Å². The zero-order valence-corrected chi connectivity index (χ0v) is 11.3. The second-order valence-corrected chi connectivity index (χ2v) is 4.36. The molecule has 0 aromatic heterocycles. The number of carbonyl (C=O) groups excluding carboxylic acids is 1. The maximum Gasteiger partial charge on any atom is 0.228 e. The van der Waals surface area contributed by atoms with E-state index < -0.39 is 0 Å². The second-order valence-electron chi connectivity index (χ2n) is 4.36. The minimum Gasteiger partial charge on any atom is -0.384 e. The summed E-state index contributed by atoms with van der Waals surface area (Å²) >= 11 is 0. The summed E-state index contributed by atoms with van der Waals surface area (Å²) in [7, 11) is 0. The Morgan fingerprint density at radius 2 is 2.00 bits per heavy atom. The highest BCUT2D eigenvalue weighted by Crippen LogP contribution is 2.14. The van der Waals surface area contributed by atoms with Crippen LogP contribution in [0.1, 0.15) is 11.1 Å². The number of amides is 1. The van der Waals surface area contributed by atoms with Crippen molar-refractivity contribution in [3.05, 3.63) is 65.5 Å². The largest absolute Gasteiger partial charge is 0.384 e. The SMILES string of the molecule is O=C(Cc1cccc(F)c1)Nc1ccccc1C#CCO. The second kappa shape index (κ2) is 7.22. The van der Waals surface area contributed by atoms with Crippen LogP contribution in [-0.4, -0.2) is 17.6 Å². The van der Waals surface area contributed by atoms with Crippen molar-refractivity contribution in [3.63, 3.8) is 0 Å². The van der Waals surface area contributed by atoms with E-state index in [0.29, 0.717) is 16.8 Å². The predicted molar refractivity (Wildman–Crippen MR) is 79.1 cm³/mol. The predicted octanol–water partition coefficient (Wildman–Crippen LogP) is 2.35. The third-order valence-corrected chi connectivity index (χ3v) is 2.76. The maximum absolute atomic E-state index is 13.1. The van der Waals surface area contributed by atoms with Gasteiger partial charge in [0.1, 0.15) is 12.4 Å². The van der Waals surface area contributed by atoms with Crippen LogP contribution in [0.3, 0.4) is 0 Å². The van der Waals surface area contributed by atoms with Crippen LogP contribution in [0, 0.1) is 17.7 Å². The molecule has 2 aromatic carbocycles. The molecule has 0 aliphatic carbocycles. The van der Waals surface area contributed by atoms with Crippen LogP contribution in [0.25, 0.3) is 0 Å². The lowest BCUT2D eigenvalue weighted by molar-refractivity contribution is -0.115. The number of carbonyl (C=O) groups is 1. The molecule has 3 nitrogen and oxygen atoms in total. The van der Waals surface area contributed by atoms with Crippen molar-refractivity contribution in [3.8, 4) is 11.8 Å². The van der Waals surface area contributed by atoms with Gasteiger partial charge in [0.15, 0.2) is 0 Å². The van der Waals surface area contributed by atoms with Crippen molar-refractivity contribution in [1.29, 1.82) is 0 Å². The van der Waals surface area contributed by atoms with E-state index in [1.165, 1.54) is 12.1 Å². The van der Waals surface area contributed by atoms with Crippen LogP contribution >= 0.6 is 0 Å². The van der Waals surface area contributed by atoms with Gasteiger partial charge in [-0.1, -0.05) is 36.1 Å². The monoisotopic (exact) mass is 283 g/mol. The average Bonchev–Trinajstić information content (AvgIpc) is 2.46. The van der Waals surface area contributed by atoms with Gasteiger partial charge in [-0.05, 0) is 29.8 Å². The molecule has 0 atom stereocenters. The zero-order valence-electron chi connectivity index (χ0n) is 11.3. The molecule has 0 heterocycles. The molecule has 2 aromatic rings. The van der Waals surface area contributed by atoms with E-state index >= 15 is 0 Å². The molecule has 4 heteroatoms. The Labute approximate surface area is 122 Å². The lowest BCUT2D eigenvalue weighted by Crippen LogP contribution is -2.15. The Kier molecular flexibility index (Phi) is 5.08. The molecule has 21 heavy (non-hydrogen) atoms. The van der Waals surface area contributed by atoms with Gasteiger partial charge in [0, 0.05) is 5.56 Å². The first kappa shape index (κ1) is 14.8. The van der Waals surface area contributed by atoms with Crippen molar-refractivity contribution in [2.45, 2.75) is 6.42 Å². The molecule has 0 bridgehead atoms. The van der Waals surface area contributed by atoms with E-state index in [1.54, 1.807) is 36.4 Å². The van der Waals surface area contributed by atoms with Crippen LogP contribution in [0.15, 0.2) is 48.5 Å². The third-order valence-electron chi connectivity index (χ3n) is 2.76. The van der Waals surface area contributed by atoms with Crippen LogP contribution in [-0.2, 0) is 11.2 Å². The van der Waals surface area contributed by atoms with E-state index in [1.807, 2.05) is 0 Å². The number of anilines is 1. The average molecular weight is 283 g/mol. The molecule has 0 spiro atoms. The first-order valence-corrected chi connectivity index (χ1v) is 6.42. The molecule has 0 saturated carbocycles. The van der Waals surface area contributed by atoms with Gasteiger partial charge >= 0.3 is 0 Å². The van der Waals surface area contributed by atoms with Gasteiger partial charge in [0.05, 0.1) is 12.1 Å². The molecular formula is C17H14FNO2. The van der Waals surface area contributed by atoms with Gasteiger partial charge in [0.25, 0.3) is 0 Å². The number of aliphatic hydroxyl groups is 1. The first-order chi connectivity index (χ1) is 10.2. The van der Waals surface area contributed by atoms with Crippen molar-refractivity contribution in [1.82, 2.24) is 0 Å². The Balaban J connectivity index is 2.09. The summed E-state index contributed by atoms with van der Waals surface area (Å²) < 4.78 is 13.1. The highest BCUT2D eigenvalue weighted by atomic mass is 19.1. The van der Waals surface area contributed by atoms with Crippen molar-refractivity contribution in [2.75, 3.05) is 11.9 Å². The molecule has 2 N–H and O–H groups in total. The minimum atomic E-state index is -0.366. The molecule has 0 unspecified atom stereocenters. The van der Waals surface area contributed by atoms with Gasteiger partial charge in [0.2, 0.25) is 5.91 Å². The molecule has 0 saturated heterocycles. The third kappa shape index (κ3) is 4.44. The standard InChI is InChI=1S/C17H14FNO2/c18-15-8-3-5-13(11-15)12-17(21)19-16-9-2-1-6-14(16)7-4-10-20/h1-3,5-6,8-9,11,20H,10,12H2,(H,19,21). The Morgan fingerprint density at radius 3 is 2.76 bits per heavy atom. The van der Waals surface area contributed by atoms with E-state index in [0.717, 1.165) is 0 Å². The van der Waals surface area contributed by atoms with Crippen molar-refractivity contribution in [2.24, 2.45) is 0 Å². The number of hydrogen-bond donors (Lipinski definition) is 2. The lowest BCUT2D eigenvalue weighted by atomic mass is 10.1. The van der Waals surface area contributed by atoms with E-state index in [4.69, 9.17) is 5.11 Å². The summed E-state index contributed by atoms with van der Waals surface area (Å²) in [5.74, 6) is 4.69. The Bertz CT molecular complexity index is 701. The summed E-state index contributed by atoms with van der Waals surface area (Å²) in [5, 5.41) is 11.5. The van der Waals surface area contributed by atoms with Crippen molar-refractivity contribution >= 4 is 11.6 Å². The highest BCUT2D eigenvalue weighted by Gasteiger charge is 2.07. The number of hydrogen-bond acceptors (Lipinski definition) is 2. The van der Waals surface area contributed by atoms with E-state index in [-0.39, 0.29) is 24.8 Å². The minimum absolute atomic E-state index is 0.0829. The van der Waals surface area contributed by atoms with Crippen LogP contribution in [0.4, 0.5) is 10.1 Å². The van der Waals surface area contributed by atoms with Gasteiger partial charge < -0.3 is 10.4 Å². The van der Waals surface area contributed by atoms with Gasteiger partial charge in [-0.15, -0.1) is 0 Å². The number of aliphatic hydroxyl groups excluding tert-OH is 1. The maximum atomic E-state index is 13.1. The van der Waals surface area contributed by atoms with Gasteiger partial charge in [-0.3, -0.25) is 4.79 Å². The molecule has 2 rings (SSSR count). The highest BCUT2D eigenvalue weighted by molar-refractivity contribution is 5.93. The topological polar surface area (TPSA) is 49.3 Å². The molecule has 106 valence electrons. The number of rotatable bonds is 3. The Hall–Kier alpha value is -2.64. The summed E-state index contributed by atoms with van der Waals surface area (Å²) in [5.41, 5.74) is 1.80. The molecular weight excluding hydrogens is 269 g/mol. The molecule has 0 radical (unpaired) electrons. The fraction of sp³-hybridized carbons (Fsp3) is 0.118. The number of nitrogens with one attached hydrogen (secondary N) is 1. The van der Waals surface area contributed by atoms with Crippen LogP contribution < -0.4 is 5.32 Å². The quantitative estimate of drug-likeness (QED) is 0.850. The van der Waals surface area contributed by atoms with Crippen LogP contribution in [0.2, 0.25) is 0 Å². The van der Waals surface area contributed by atoms with E-state index in [2.05, 4.69) is 17.2 Å². The summed E-state index contributed by atoms with van der Waals surface area (Å²) in [6, 6.07) is 13.0. The Morgan fingerprint density at radius 1 is 1.19 bits per heavy atom. The molecule has 0 aliphatic heterocycles. The molecule has 1 amide bonds. The van der Waals surface area contributed by atoms with Gasteiger partial charge in [-0.2, -0.15) is 0 Å². The fourth-order valence-electron chi connectivity index (χ4n) is 1.86.